The molecular formula is C31H40O16. The van der Waals surface area contributed by atoms with Gasteiger partial charge >= 0.3 is 5.97 Å². The van der Waals surface area contributed by atoms with E-state index >= 15 is 0 Å². The van der Waals surface area contributed by atoms with Crippen LogP contribution in [0.3, 0.4) is 0 Å². The van der Waals surface area contributed by atoms with Gasteiger partial charge in [-0.3, -0.25) is 0 Å². The maximum absolute atomic E-state index is 12.5. The Morgan fingerprint density at radius 1 is 0.809 bits per heavy atom. The van der Waals surface area contributed by atoms with Crippen LogP contribution in [-0.4, -0.2) is 142 Å². The summed E-state index contributed by atoms with van der Waals surface area (Å²) in [6.45, 7) is -1.34. The van der Waals surface area contributed by atoms with Crippen molar-refractivity contribution in [3.8, 4) is 23.0 Å². The molecule has 2 aromatic rings. The van der Waals surface area contributed by atoms with Gasteiger partial charge in [-0.1, -0.05) is 12.1 Å². The van der Waals surface area contributed by atoms with Crippen LogP contribution in [0.5, 0.6) is 23.0 Å². The van der Waals surface area contributed by atoms with Gasteiger partial charge in [-0.2, -0.15) is 0 Å². The average molecular weight is 669 g/mol. The molecule has 47 heavy (non-hydrogen) atoms. The smallest absolute Gasteiger partial charge is 0.330 e. The number of aromatic hydroxyl groups is 2. The summed E-state index contributed by atoms with van der Waals surface area (Å²) >= 11 is 0. The fraction of sp³-hybridized carbons (Fsp3) is 0.516. The van der Waals surface area contributed by atoms with Gasteiger partial charge in [0, 0.05) is 6.08 Å². The third-order valence-electron chi connectivity index (χ3n) is 7.70. The Morgan fingerprint density at radius 2 is 1.47 bits per heavy atom. The number of methoxy groups -OCH3 is 2. The number of esters is 1. The van der Waals surface area contributed by atoms with E-state index in [1.54, 1.807) is 18.2 Å². The van der Waals surface area contributed by atoms with Crippen molar-refractivity contribution in [3.63, 3.8) is 0 Å². The summed E-state index contributed by atoms with van der Waals surface area (Å²) in [5.41, 5.74) is 1.12. The molecule has 16 nitrogen and oxygen atoms in total. The largest absolute Gasteiger partial charge is 0.504 e. The van der Waals surface area contributed by atoms with E-state index in [1.165, 1.54) is 38.5 Å². The SMILES string of the molecule is COc1ccc(/C=C/C(=O)OC[C@H]2O[C@@H](OCCc3ccc(OC)c(O)c3)[C@H](O)[C@@H](O[C@@H]3O[C@H](CO)[C@@H](O)[C@H](O)[C@H]3O)[C@@H]2O)cc1O. The van der Waals surface area contributed by atoms with Crippen molar-refractivity contribution in [2.24, 2.45) is 0 Å². The maximum Gasteiger partial charge on any atom is 0.330 e. The molecule has 16 heteroatoms. The highest BCUT2D eigenvalue weighted by Crippen LogP contribution is 2.31. The molecule has 2 aliphatic heterocycles. The molecule has 2 saturated heterocycles. The number of rotatable bonds is 13. The van der Waals surface area contributed by atoms with Crippen molar-refractivity contribution >= 4 is 12.0 Å². The first-order chi connectivity index (χ1) is 22.5. The highest BCUT2D eigenvalue weighted by molar-refractivity contribution is 5.87. The Balaban J connectivity index is 1.45. The molecule has 0 amide bonds. The number of hydrogen-bond acceptors (Lipinski definition) is 16. The molecule has 0 radical (unpaired) electrons. The van der Waals surface area contributed by atoms with Gasteiger partial charge in [0.05, 0.1) is 27.4 Å². The van der Waals surface area contributed by atoms with Crippen LogP contribution in [0.2, 0.25) is 0 Å². The van der Waals surface area contributed by atoms with E-state index in [1.807, 2.05) is 0 Å². The first kappa shape index (κ1) is 36.3. The fourth-order valence-electron chi connectivity index (χ4n) is 5.04. The molecule has 0 bridgehead atoms. The minimum atomic E-state index is -1.84. The van der Waals surface area contributed by atoms with E-state index in [2.05, 4.69) is 0 Å². The van der Waals surface area contributed by atoms with Crippen LogP contribution in [-0.2, 0) is 34.9 Å². The van der Waals surface area contributed by atoms with E-state index in [4.69, 9.17) is 33.2 Å². The van der Waals surface area contributed by atoms with E-state index < -0.39 is 80.6 Å². The Morgan fingerprint density at radius 3 is 2.11 bits per heavy atom. The number of hydrogen-bond donors (Lipinski definition) is 8. The molecule has 0 saturated carbocycles. The summed E-state index contributed by atoms with van der Waals surface area (Å²) < 4.78 is 37.8. The Bertz CT molecular complexity index is 1350. The lowest BCUT2D eigenvalue weighted by Crippen LogP contribution is -2.65. The van der Waals surface area contributed by atoms with E-state index in [0.29, 0.717) is 11.1 Å². The molecule has 2 aromatic carbocycles. The second kappa shape index (κ2) is 16.5. The first-order valence-corrected chi connectivity index (χ1v) is 14.6. The van der Waals surface area contributed by atoms with E-state index in [0.717, 1.165) is 6.08 Å². The minimum absolute atomic E-state index is 0.0552. The summed E-state index contributed by atoms with van der Waals surface area (Å²) in [5, 5.41) is 82.4. The van der Waals surface area contributed by atoms with Crippen LogP contribution in [0.4, 0.5) is 0 Å². The number of benzene rings is 2. The predicted molar refractivity (Wildman–Crippen MR) is 158 cm³/mol. The summed E-state index contributed by atoms with van der Waals surface area (Å²) in [5.74, 6) is -0.548. The van der Waals surface area contributed by atoms with Crippen LogP contribution in [0.15, 0.2) is 42.5 Å². The van der Waals surface area contributed by atoms with Crippen molar-refractivity contribution in [3.05, 3.63) is 53.6 Å². The highest BCUT2D eigenvalue weighted by atomic mass is 16.7. The van der Waals surface area contributed by atoms with Crippen molar-refractivity contribution < 1.29 is 78.8 Å². The molecule has 0 aromatic heterocycles. The number of ether oxygens (including phenoxy) is 7. The fourth-order valence-corrected chi connectivity index (χ4v) is 5.04. The Hall–Kier alpha value is -3.55. The monoisotopic (exact) mass is 668 g/mol. The average Bonchev–Trinajstić information content (AvgIpc) is 3.06. The summed E-state index contributed by atoms with van der Waals surface area (Å²) in [4.78, 5) is 12.5. The van der Waals surface area contributed by atoms with E-state index in [9.17, 15) is 45.6 Å². The topological polar surface area (TPSA) is 244 Å². The molecule has 10 atom stereocenters. The molecule has 2 fully saturated rings. The van der Waals surface area contributed by atoms with Gasteiger partial charge in [0.15, 0.2) is 35.6 Å². The molecule has 2 heterocycles. The number of aliphatic hydroxyl groups excluding tert-OH is 6. The minimum Gasteiger partial charge on any atom is -0.504 e. The van der Waals surface area contributed by atoms with Crippen molar-refractivity contribution in [2.45, 2.75) is 67.8 Å². The van der Waals surface area contributed by atoms with Gasteiger partial charge < -0.3 is 74.0 Å². The van der Waals surface area contributed by atoms with E-state index in [-0.39, 0.29) is 36.0 Å². The molecule has 260 valence electrons. The molecule has 0 spiro atoms. The standard InChI is InChI=1S/C31H40O16/c1-41-19-6-3-15(11-17(19)33)5-8-23(35)44-14-22-25(37)29(47-31-27(39)26(38)24(36)21(13-32)45-31)28(40)30(46-22)43-10-9-16-4-7-20(42-2)18(34)12-16/h3-8,11-12,21-22,24-34,36-40H,9-10,13-14H2,1-2H3/b8-5+/t21-,22-,24-,25-,26+,27-,28-,29+,30-,31+/m1/s1. The lowest BCUT2D eigenvalue weighted by atomic mass is 9.97. The molecule has 0 aliphatic carbocycles. The Labute approximate surface area is 269 Å². The summed E-state index contributed by atoms with van der Waals surface area (Å²) in [6.07, 6.45) is -13.5. The number of carbonyl (C=O) groups excluding carboxylic acids is 1. The van der Waals surface area contributed by atoms with Crippen LogP contribution >= 0.6 is 0 Å². The van der Waals surface area contributed by atoms with Gasteiger partial charge in [-0.25, -0.2) is 4.79 Å². The quantitative estimate of drug-likeness (QED) is 0.0900. The number of carbonyl (C=O) groups is 1. The highest BCUT2D eigenvalue weighted by Gasteiger charge is 2.51. The summed E-state index contributed by atoms with van der Waals surface area (Å²) in [7, 11) is 2.80. The second-order valence-electron chi connectivity index (χ2n) is 10.8. The normalized spacial score (nSPS) is 31.1. The van der Waals surface area contributed by atoms with Gasteiger partial charge in [0.1, 0.15) is 55.4 Å². The van der Waals surface area contributed by atoms with Gasteiger partial charge in [0.25, 0.3) is 0 Å². The van der Waals surface area contributed by atoms with Crippen LogP contribution in [0.25, 0.3) is 6.08 Å². The van der Waals surface area contributed by atoms with Crippen LogP contribution < -0.4 is 9.47 Å². The lowest BCUT2D eigenvalue weighted by molar-refractivity contribution is -0.360. The Kier molecular flexibility index (Phi) is 12.8. The molecule has 0 unspecified atom stereocenters. The van der Waals surface area contributed by atoms with Gasteiger partial charge in [0.2, 0.25) is 0 Å². The number of phenolic OH excluding ortho intramolecular Hbond substituents is 2. The van der Waals surface area contributed by atoms with Crippen molar-refractivity contribution in [1.29, 1.82) is 0 Å². The molecular weight excluding hydrogens is 628 g/mol. The zero-order chi connectivity index (χ0) is 34.2. The van der Waals surface area contributed by atoms with Crippen LogP contribution in [0, 0.1) is 0 Å². The zero-order valence-corrected chi connectivity index (χ0v) is 25.6. The molecule has 4 rings (SSSR count). The molecule has 8 N–H and O–H groups in total. The predicted octanol–water partition coefficient (Wildman–Crippen LogP) is -1.44. The van der Waals surface area contributed by atoms with Crippen molar-refractivity contribution in [2.75, 3.05) is 34.0 Å². The third-order valence-corrected chi connectivity index (χ3v) is 7.70. The summed E-state index contributed by atoms with van der Waals surface area (Å²) in [6, 6.07) is 9.19. The number of phenols is 2. The maximum atomic E-state index is 12.5. The number of aliphatic hydroxyl groups is 6. The zero-order valence-electron chi connectivity index (χ0n) is 25.6. The first-order valence-electron chi connectivity index (χ1n) is 14.6. The van der Waals surface area contributed by atoms with Gasteiger partial charge in [-0.15, -0.1) is 0 Å². The third kappa shape index (κ3) is 8.88. The van der Waals surface area contributed by atoms with Crippen LogP contribution in [0.1, 0.15) is 11.1 Å². The second-order valence-corrected chi connectivity index (χ2v) is 10.8. The van der Waals surface area contributed by atoms with Gasteiger partial charge in [-0.05, 0) is 47.9 Å². The van der Waals surface area contributed by atoms with Crippen molar-refractivity contribution in [1.82, 2.24) is 0 Å². The molecule has 2 aliphatic rings. The lowest BCUT2D eigenvalue weighted by Gasteiger charge is -2.46.